The summed E-state index contributed by atoms with van der Waals surface area (Å²) in [4.78, 5) is 35.8. The smallest absolute Gasteiger partial charge is 0.412 e. The van der Waals surface area contributed by atoms with Crippen LogP contribution in [0.2, 0.25) is 0 Å². The molecule has 22 heavy (non-hydrogen) atoms. The van der Waals surface area contributed by atoms with Gasteiger partial charge < -0.3 is 14.2 Å². The summed E-state index contributed by atoms with van der Waals surface area (Å²) in [6.45, 7) is 7.21. The van der Waals surface area contributed by atoms with Crippen molar-refractivity contribution in [2.45, 2.75) is 27.7 Å². The Hall–Kier alpha value is -2.09. The lowest BCUT2D eigenvalue weighted by Crippen LogP contribution is -2.15. The average molecular weight is 329 g/mol. The number of ether oxygens (including phenoxy) is 3. The normalized spacial score (nSPS) is 10.0. The minimum Gasteiger partial charge on any atom is -0.462 e. The van der Waals surface area contributed by atoms with E-state index < -0.39 is 18.0 Å². The number of hydrogen-bond acceptors (Lipinski definition) is 7. The third-order valence-corrected chi connectivity index (χ3v) is 3.77. The largest absolute Gasteiger partial charge is 0.462 e. The Bertz CT molecular complexity index is 566. The quantitative estimate of drug-likeness (QED) is 0.637. The molecule has 1 aromatic heterocycles. The van der Waals surface area contributed by atoms with Crippen LogP contribution in [0.25, 0.3) is 0 Å². The average Bonchev–Trinajstić information content (AvgIpc) is 2.76. The third kappa shape index (κ3) is 4.20. The maximum absolute atomic E-state index is 12.1. The number of esters is 2. The molecule has 0 saturated heterocycles. The van der Waals surface area contributed by atoms with Crippen molar-refractivity contribution in [2.24, 2.45) is 0 Å². The van der Waals surface area contributed by atoms with E-state index in [1.807, 2.05) is 0 Å². The first-order valence-electron chi connectivity index (χ1n) is 6.87. The number of anilines is 1. The molecule has 1 amide bonds. The highest BCUT2D eigenvalue weighted by Crippen LogP contribution is 2.34. The van der Waals surface area contributed by atoms with Crippen LogP contribution in [0.5, 0.6) is 0 Å². The van der Waals surface area contributed by atoms with Crippen molar-refractivity contribution in [1.82, 2.24) is 0 Å². The summed E-state index contributed by atoms with van der Waals surface area (Å²) in [5, 5.41) is 2.66. The minimum absolute atomic E-state index is 0.142. The van der Waals surface area contributed by atoms with Crippen molar-refractivity contribution in [3.63, 3.8) is 0 Å². The number of thiophene rings is 1. The lowest BCUT2D eigenvalue weighted by Gasteiger charge is -2.06. The number of hydrogen-bond donors (Lipinski definition) is 1. The molecule has 122 valence electrons. The molecule has 7 nitrogen and oxygen atoms in total. The molecule has 0 atom stereocenters. The second-order valence-electron chi connectivity index (χ2n) is 4.05. The lowest BCUT2D eigenvalue weighted by molar-refractivity contribution is 0.0527. The molecule has 0 spiro atoms. The van der Waals surface area contributed by atoms with Gasteiger partial charge >= 0.3 is 18.0 Å². The van der Waals surface area contributed by atoms with Gasteiger partial charge in [-0.25, -0.2) is 14.4 Å². The fraction of sp³-hybridized carbons (Fsp3) is 0.500. The molecule has 8 heteroatoms. The van der Waals surface area contributed by atoms with Crippen LogP contribution in [0.15, 0.2) is 0 Å². The van der Waals surface area contributed by atoms with Gasteiger partial charge in [-0.1, -0.05) is 0 Å². The Balaban J connectivity index is 3.21. The molecule has 1 heterocycles. The zero-order valence-electron chi connectivity index (χ0n) is 13.0. The van der Waals surface area contributed by atoms with E-state index in [1.54, 1.807) is 27.7 Å². The Labute approximate surface area is 132 Å². The molecule has 0 aromatic carbocycles. The molecule has 0 unspecified atom stereocenters. The van der Waals surface area contributed by atoms with E-state index in [2.05, 4.69) is 5.32 Å². The third-order valence-electron chi connectivity index (χ3n) is 2.58. The van der Waals surface area contributed by atoms with Crippen LogP contribution >= 0.6 is 11.3 Å². The summed E-state index contributed by atoms with van der Waals surface area (Å²) in [6.07, 6.45) is -0.704. The second-order valence-corrected chi connectivity index (χ2v) is 5.07. The van der Waals surface area contributed by atoms with Gasteiger partial charge in [-0.2, -0.15) is 0 Å². The number of carbonyl (C=O) groups excluding carboxylic acids is 3. The first kappa shape index (κ1) is 18.0. The predicted molar refractivity (Wildman–Crippen MR) is 81.6 cm³/mol. The van der Waals surface area contributed by atoms with E-state index in [9.17, 15) is 14.4 Å². The van der Waals surface area contributed by atoms with E-state index in [4.69, 9.17) is 14.2 Å². The van der Waals surface area contributed by atoms with E-state index in [1.165, 1.54) is 0 Å². The Kier molecular flexibility index (Phi) is 6.84. The molecule has 1 rings (SSSR count). The van der Waals surface area contributed by atoms with Crippen molar-refractivity contribution in [2.75, 3.05) is 25.1 Å². The summed E-state index contributed by atoms with van der Waals surface area (Å²) in [7, 11) is 0. The molecule has 0 aliphatic heterocycles. The summed E-state index contributed by atoms with van der Waals surface area (Å²) < 4.78 is 14.7. The van der Waals surface area contributed by atoms with Crippen LogP contribution in [-0.4, -0.2) is 37.9 Å². The van der Waals surface area contributed by atoms with E-state index in [0.717, 1.165) is 11.3 Å². The van der Waals surface area contributed by atoms with Crippen LogP contribution in [0.4, 0.5) is 9.80 Å². The summed E-state index contributed by atoms with van der Waals surface area (Å²) in [6, 6.07) is 0. The highest BCUT2D eigenvalue weighted by molar-refractivity contribution is 7.18. The Morgan fingerprint density at radius 3 is 2.05 bits per heavy atom. The van der Waals surface area contributed by atoms with Gasteiger partial charge in [-0.3, -0.25) is 5.32 Å². The second kappa shape index (κ2) is 8.38. The van der Waals surface area contributed by atoms with Crippen LogP contribution in [0.1, 0.15) is 46.4 Å². The first-order valence-corrected chi connectivity index (χ1v) is 7.69. The van der Waals surface area contributed by atoms with Gasteiger partial charge in [0.2, 0.25) is 0 Å². The highest BCUT2D eigenvalue weighted by atomic mass is 32.1. The minimum atomic E-state index is -0.704. The molecule has 0 saturated carbocycles. The maximum atomic E-state index is 12.1. The van der Waals surface area contributed by atoms with Gasteiger partial charge in [0.15, 0.2) is 0 Å². The monoisotopic (exact) mass is 329 g/mol. The Morgan fingerprint density at radius 1 is 0.955 bits per heavy atom. The van der Waals surface area contributed by atoms with Gasteiger partial charge in [0, 0.05) is 0 Å². The maximum Gasteiger partial charge on any atom is 0.412 e. The molecule has 0 bridgehead atoms. The van der Waals surface area contributed by atoms with Crippen LogP contribution in [-0.2, 0) is 14.2 Å². The summed E-state index contributed by atoms with van der Waals surface area (Å²) >= 11 is 0.955. The molecule has 0 fully saturated rings. The van der Waals surface area contributed by atoms with Gasteiger partial charge in [0.1, 0.15) is 9.88 Å². The topological polar surface area (TPSA) is 90.9 Å². The van der Waals surface area contributed by atoms with Crippen LogP contribution in [0.3, 0.4) is 0 Å². The SMILES string of the molecule is CCOC(=O)Nc1sc(C(=O)OCC)c(C)c1C(=O)OCC. The standard InChI is InChI=1S/C14H19NO6S/c1-5-19-12(16)9-8(4)10(13(17)20-6-2)22-11(9)15-14(18)21-7-3/h5-7H2,1-4H3,(H,15,18). The van der Waals surface area contributed by atoms with E-state index in [-0.39, 0.29) is 35.3 Å². The number of amides is 1. The van der Waals surface area contributed by atoms with Gasteiger partial charge in [0.25, 0.3) is 0 Å². The molecule has 1 aromatic rings. The van der Waals surface area contributed by atoms with Crippen molar-refractivity contribution >= 4 is 34.4 Å². The molecule has 0 aliphatic rings. The molecular formula is C14H19NO6S. The highest BCUT2D eigenvalue weighted by Gasteiger charge is 2.27. The van der Waals surface area contributed by atoms with Crippen molar-refractivity contribution in [3.8, 4) is 0 Å². The van der Waals surface area contributed by atoms with Gasteiger partial charge in [-0.15, -0.1) is 11.3 Å². The number of nitrogens with one attached hydrogen (secondary N) is 1. The van der Waals surface area contributed by atoms with Crippen LogP contribution in [0, 0.1) is 6.92 Å². The fourth-order valence-electron chi connectivity index (χ4n) is 1.70. The van der Waals surface area contributed by atoms with Gasteiger partial charge in [-0.05, 0) is 33.3 Å². The lowest BCUT2D eigenvalue weighted by atomic mass is 10.1. The molecule has 0 aliphatic carbocycles. The van der Waals surface area contributed by atoms with E-state index in [0.29, 0.717) is 5.56 Å². The number of carbonyl (C=O) groups is 3. The van der Waals surface area contributed by atoms with E-state index >= 15 is 0 Å². The molecule has 0 radical (unpaired) electrons. The van der Waals surface area contributed by atoms with Gasteiger partial charge in [0.05, 0.1) is 25.4 Å². The number of rotatable bonds is 6. The zero-order valence-corrected chi connectivity index (χ0v) is 13.8. The van der Waals surface area contributed by atoms with Crippen molar-refractivity contribution < 1.29 is 28.6 Å². The zero-order chi connectivity index (χ0) is 16.7. The van der Waals surface area contributed by atoms with Crippen molar-refractivity contribution in [3.05, 3.63) is 16.0 Å². The van der Waals surface area contributed by atoms with Crippen molar-refractivity contribution in [1.29, 1.82) is 0 Å². The van der Waals surface area contributed by atoms with Crippen LogP contribution < -0.4 is 5.32 Å². The molecule has 1 N–H and O–H groups in total. The fourth-order valence-corrected chi connectivity index (χ4v) is 2.78. The summed E-state index contributed by atoms with van der Waals surface area (Å²) in [5.74, 6) is -1.16. The predicted octanol–water partition coefficient (Wildman–Crippen LogP) is 2.98. The first-order chi connectivity index (χ1) is 10.5. The molecular weight excluding hydrogens is 310 g/mol. The summed E-state index contributed by atoms with van der Waals surface area (Å²) in [5.41, 5.74) is 0.552. The Morgan fingerprint density at radius 2 is 1.50 bits per heavy atom.